The minimum Gasteiger partial charge on any atom is -0.460 e. The number of ether oxygens (including phenoxy) is 2. The number of nitro groups is 1. The molecule has 0 aliphatic carbocycles. The van der Waals surface area contributed by atoms with Crippen molar-refractivity contribution in [2.45, 2.75) is 45.6 Å². The summed E-state index contributed by atoms with van der Waals surface area (Å²) in [5.74, 6) is 0.440. The first-order valence-electron chi connectivity index (χ1n) is 8.67. The molecule has 6 nitrogen and oxygen atoms in total. The number of nitrogens with zero attached hydrogens (tertiary/aromatic N) is 1. The van der Waals surface area contributed by atoms with Crippen molar-refractivity contribution in [2.75, 3.05) is 0 Å². The van der Waals surface area contributed by atoms with Gasteiger partial charge in [-0.3, -0.25) is 14.9 Å². The van der Waals surface area contributed by atoms with Crippen LogP contribution >= 0.6 is 23.2 Å². The Hall–Kier alpha value is -2.31. The van der Waals surface area contributed by atoms with Gasteiger partial charge in [0.15, 0.2) is 5.75 Å². The Kier molecular flexibility index (Phi) is 7.27. The van der Waals surface area contributed by atoms with E-state index < -0.39 is 10.5 Å². The zero-order valence-corrected chi connectivity index (χ0v) is 17.3. The van der Waals surface area contributed by atoms with Crippen molar-refractivity contribution in [1.29, 1.82) is 0 Å². The maximum atomic E-state index is 11.7. The number of halogens is 2. The molecule has 0 fully saturated rings. The topological polar surface area (TPSA) is 78.7 Å². The van der Waals surface area contributed by atoms with Crippen LogP contribution in [0.15, 0.2) is 36.4 Å². The van der Waals surface area contributed by atoms with Gasteiger partial charge in [0.1, 0.15) is 11.4 Å². The molecule has 0 atom stereocenters. The first-order chi connectivity index (χ1) is 13.0. The highest BCUT2D eigenvalue weighted by Gasteiger charge is 2.17. The number of hydrogen-bond acceptors (Lipinski definition) is 5. The quantitative estimate of drug-likeness (QED) is 0.293. The lowest BCUT2D eigenvalue weighted by Crippen LogP contribution is -2.23. The predicted molar refractivity (Wildman–Crippen MR) is 108 cm³/mol. The monoisotopic (exact) mass is 425 g/mol. The van der Waals surface area contributed by atoms with E-state index in [9.17, 15) is 14.9 Å². The number of hydrogen-bond donors (Lipinski definition) is 0. The summed E-state index contributed by atoms with van der Waals surface area (Å²) >= 11 is 12.1. The molecule has 0 aromatic heterocycles. The summed E-state index contributed by atoms with van der Waals surface area (Å²) in [5.41, 5.74) is 0.357. The summed E-state index contributed by atoms with van der Waals surface area (Å²) in [6.07, 6.45) is 1.75. The lowest BCUT2D eigenvalue weighted by atomic mass is 10.1. The summed E-state index contributed by atoms with van der Waals surface area (Å²) in [4.78, 5) is 22.0. The first kappa shape index (κ1) is 22.0. The molecule has 0 aliphatic rings. The van der Waals surface area contributed by atoms with Gasteiger partial charge < -0.3 is 9.47 Å². The van der Waals surface area contributed by atoms with E-state index in [1.165, 1.54) is 12.1 Å². The molecule has 0 aliphatic heterocycles. The second-order valence-corrected chi connectivity index (χ2v) is 8.00. The van der Waals surface area contributed by atoms with Crippen molar-refractivity contribution in [3.05, 3.63) is 62.1 Å². The van der Waals surface area contributed by atoms with E-state index in [-0.39, 0.29) is 27.5 Å². The molecule has 2 rings (SSSR count). The lowest BCUT2D eigenvalue weighted by molar-refractivity contribution is -0.384. The molecule has 0 N–H and O–H groups in total. The summed E-state index contributed by atoms with van der Waals surface area (Å²) in [5, 5.41) is 10.9. The van der Waals surface area contributed by atoms with Crippen LogP contribution in [-0.4, -0.2) is 16.5 Å². The highest BCUT2D eigenvalue weighted by molar-refractivity contribution is 6.37. The molecule has 2 aromatic rings. The van der Waals surface area contributed by atoms with Crippen LogP contribution in [-0.2, 0) is 16.0 Å². The van der Waals surface area contributed by atoms with E-state index in [1.54, 1.807) is 12.1 Å². The molecule has 0 spiro atoms. The van der Waals surface area contributed by atoms with Crippen molar-refractivity contribution in [3.8, 4) is 11.5 Å². The number of benzene rings is 2. The lowest BCUT2D eigenvalue weighted by Gasteiger charge is -2.19. The first-order valence-corrected chi connectivity index (χ1v) is 9.43. The van der Waals surface area contributed by atoms with Crippen LogP contribution in [0, 0.1) is 10.1 Å². The van der Waals surface area contributed by atoms with Gasteiger partial charge in [0.25, 0.3) is 5.69 Å². The summed E-state index contributed by atoms with van der Waals surface area (Å²) in [6, 6.07) is 9.62. The maximum absolute atomic E-state index is 11.7. The van der Waals surface area contributed by atoms with Crippen molar-refractivity contribution in [3.63, 3.8) is 0 Å². The third kappa shape index (κ3) is 6.69. The average molecular weight is 426 g/mol. The molecule has 28 heavy (non-hydrogen) atoms. The second kappa shape index (κ2) is 9.26. The van der Waals surface area contributed by atoms with Crippen molar-refractivity contribution < 1.29 is 19.2 Å². The van der Waals surface area contributed by atoms with Crippen LogP contribution in [0.2, 0.25) is 10.0 Å². The Bertz CT molecular complexity index is 837. The van der Waals surface area contributed by atoms with Gasteiger partial charge in [-0.1, -0.05) is 35.3 Å². The fourth-order valence-corrected chi connectivity index (χ4v) is 2.97. The van der Waals surface area contributed by atoms with Gasteiger partial charge in [0.05, 0.1) is 15.0 Å². The standard InChI is InChI=1S/C20H21Cl2NO5/c1-20(2,3)28-18(24)6-4-5-13-7-9-15(10-8-13)27-19-16(21)11-14(23(25)26)12-17(19)22/h7-12H,4-6H2,1-3H3. The summed E-state index contributed by atoms with van der Waals surface area (Å²) < 4.78 is 10.9. The summed E-state index contributed by atoms with van der Waals surface area (Å²) in [7, 11) is 0. The SMILES string of the molecule is CC(C)(C)OC(=O)CCCc1ccc(Oc2c(Cl)cc([N+](=O)[O-])cc2Cl)cc1. The molecular weight excluding hydrogens is 405 g/mol. The van der Waals surface area contributed by atoms with Crippen LogP contribution in [0.1, 0.15) is 39.2 Å². The van der Waals surface area contributed by atoms with Crippen LogP contribution in [0.4, 0.5) is 5.69 Å². The van der Waals surface area contributed by atoms with E-state index in [4.69, 9.17) is 32.7 Å². The van der Waals surface area contributed by atoms with Crippen LogP contribution in [0.25, 0.3) is 0 Å². The number of nitro benzene ring substituents is 1. The Balaban J connectivity index is 1.95. The predicted octanol–water partition coefficient (Wildman–Crippen LogP) is 6.36. The van der Waals surface area contributed by atoms with Gasteiger partial charge in [0, 0.05) is 18.6 Å². The van der Waals surface area contributed by atoms with Gasteiger partial charge in [-0.15, -0.1) is 0 Å². The molecule has 0 amide bonds. The fourth-order valence-electron chi connectivity index (χ4n) is 2.42. The number of rotatable bonds is 7. The van der Waals surface area contributed by atoms with Gasteiger partial charge in [0.2, 0.25) is 0 Å². The minimum atomic E-state index is -0.576. The smallest absolute Gasteiger partial charge is 0.306 e. The van der Waals surface area contributed by atoms with Crippen molar-refractivity contribution >= 4 is 34.9 Å². The number of aryl methyl sites for hydroxylation is 1. The molecule has 0 unspecified atom stereocenters. The molecule has 0 radical (unpaired) electrons. The van der Waals surface area contributed by atoms with Crippen molar-refractivity contribution in [1.82, 2.24) is 0 Å². The molecule has 0 heterocycles. The molecule has 2 aromatic carbocycles. The molecule has 0 saturated carbocycles. The Morgan fingerprint density at radius 3 is 2.18 bits per heavy atom. The minimum absolute atomic E-state index is 0.0561. The Morgan fingerprint density at radius 2 is 1.68 bits per heavy atom. The van der Waals surface area contributed by atoms with E-state index >= 15 is 0 Å². The number of carbonyl (C=O) groups is 1. The third-order valence-electron chi connectivity index (χ3n) is 3.60. The number of non-ortho nitro benzene ring substituents is 1. The van der Waals surface area contributed by atoms with Crippen LogP contribution in [0.5, 0.6) is 11.5 Å². The van der Waals surface area contributed by atoms with Crippen molar-refractivity contribution in [2.24, 2.45) is 0 Å². The molecule has 0 saturated heterocycles. The Morgan fingerprint density at radius 1 is 1.11 bits per heavy atom. The van der Waals surface area contributed by atoms with E-state index in [1.807, 2.05) is 32.9 Å². The largest absolute Gasteiger partial charge is 0.460 e. The van der Waals surface area contributed by atoms with Crippen LogP contribution < -0.4 is 4.74 Å². The second-order valence-electron chi connectivity index (χ2n) is 7.18. The van der Waals surface area contributed by atoms with Crippen LogP contribution in [0.3, 0.4) is 0 Å². The zero-order valence-electron chi connectivity index (χ0n) is 15.8. The highest BCUT2D eigenvalue weighted by Crippen LogP contribution is 2.39. The number of carbonyl (C=O) groups excluding carboxylic acids is 1. The molecule has 0 bridgehead atoms. The molecular formula is C20H21Cl2NO5. The maximum Gasteiger partial charge on any atom is 0.306 e. The normalized spacial score (nSPS) is 11.2. The van der Waals surface area contributed by atoms with E-state index in [0.717, 1.165) is 12.0 Å². The van der Waals surface area contributed by atoms with Gasteiger partial charge in [-0.25, -0.2) is 0 Å². The van der Waals surface area contributed by atoms with Gasteiger partial charge in [-0.05, 0) is 51.3 Å². The third-order valence-corrected chi connectivity index (χ3v) is 4.17. The number of esters is 1. The fraction of sp³-hybridized carbons (Fsp3) is 0.350. The van der Waals surface area contributed by atoms with Gasteiger partial charge >= 0.3 is 5.97 Å². The molecule has 150 valence electrons. The van der Waals surface area contributed by atoms with Gasteiger partial charge in [-0.2, -0.15) is 0 Å². The summed E-state index contributed by atoms with van der Waals surface area (Å²) in [6.45, 7) is 5.52. The Labute approximate surface area is 173 Å². The highest BCUT2D eigenvalue weighted by atomic mass is 35.5. The zero-order chi connectivity index (χ0) is 20.9. The van der Waals surface area contributed by atoms with E-state index in [2.05, 4.69) is 0 Å². The molecule has 8 heteroatoms. The van der Waals surface area contributed by atoms with E-state index in [0.29, 0.717) is 18.6 Å². The average Bonchev–Trinajstić information content (AvgIpc) is 2.57.